The van der Waals surface area contributed by atoms with E-state index in [9.17, 15) is 0 Å². The molecule has 1 rings (SSSR count). The van der Waals surface area contributed by atoms with Crippen molar-refractivity contribution in [2.45, 2.75) is 56.7 Å². The largest absolute Gasteiger partial charge is 0.249 e. The molecule has 0 radical (unpaired) electrons. The molecular formula is C15H22N2S. The minimum Gasteiger partial charge on any atom is -0.249 e. The summed E-state index contributed by atoms with van der Waals surface area (Å²) in [5.41, 5.74) is 0.692. The summed E-state index contributed by atoms with van der Waals surface area (Å²) in [4.78, 5) is 4.38. The van der Waals surface area contributed by atoms with Crippen LogP contribution in [0.25, 0.3) is 0 Å². The third kappa shape index (κ3) is 3.74. The fourth-order valence-electron chi connectivity index (χ4n) is 2.23. The zero-order valence-electron chi connectivity index (χ0n) is 11.7. The van der Waals surface area contributed by atoms with Crippen LogP contribution in [0.4, 0.5) is 0 Å². The number of nitriles is 1. The lowest BCUT2D eigenvalue weighted by molar-refractivity contribution is 0.428. The molecule has 1 heterocycles. The average molecular weight is 262 g/mol. The van der Waals surface area contributed by atoms with Crippen molar-refractivity contribution in [3.8, 4) is 6.07 Å². The van der Waals surface area contributed by atoms with E-state index in [1.807, 2.05) is 12.1 Å². The van der Waals surface area contributed by atoms with Crippen molar-refractivity contribution in [2.24, 2.45) is 5.92 Å². The molecule has 0 bridgehead atoms. The number of thioether (sulfide) groups is 1. The number of nitrogens with zero attached hydrogens (tertiary/aromatic N) is 2. The molecule has 0 N–H and O–H groups in total. The third-order valence-electron chi connectivity index (χ3n) is 3.27. The summed E-state index contributed by atoms with van der Waals surface area (Å²) >= 11 is 1.78. The van der Waals surface area contributed by atoms with Crippen molar-refractivity contribution >= 4 is 11.8 Å². The molecule has 0 atom stereocenters. The molecule has 0 spiro atoms. The number of rotatable bonds is 6. The van der Waals surface area contributed by atoms with Crippen LogP contribution in [-0.4, -0.2) is 9.73 Å². The lowest BCUT2D eigenvalue weighted by Crippen LogP contribution is -2.25. The first kappa shape index (κ1) is 15.0. The Hall–Kier alpha value is -1.01. The van der Waals surface area contributed by atoms with E-state index >= 15 is 0 Å². The Bertz CT molecular complexity index is 417. The van der Waals surface area contributed by atoms with E-state index in [0.29, 0.717) is 11.5 Å². The van der Waals surface area contributed by atoms with Gasteiger partial charge in [0.25, 0.3) is 0 Å². The third-order valence-corrected chi connectivity index (χ3v) is 4.97. The Morgan fingerprint density at radius 3 is 2.56 bits per heavy atom. The zero-order valence-corrected chi connectivity index (χ0v) is 12.5. The van der Waals surface area contributed by atoms with Crippen LogP contribution in [0.1, 0.15) is 52.5 Å². The molecule has 0 aromatic carbocycles. The van der Waals surface area contributed by atoms with Crippen LogP contribution in [0.3, 0.4) is 0 Å². The Morgan fingerprint density at radius 1 is 1.39 bits per heavy atom. The van der Waals surface area contributed by atoms with E-state index in [1.54, 1.807) is 18.0 Å². The summed E-state index contributed by atoms with van der Waals surface area (Å²) in [5, 5.41) is 10.0. The van der Waals surface area contributed by atoms with Gasteiger partial charge in [-0.15, -0.1) is 0 Å². The van der Waals surface area contributed by atoms with Crippen LogP contribution in [0.15, 0.2) is 23.4 Å². The smallest absolute Gasteiger partial charge is 0.114 e. The summed E-state index contributed by atoms with van der Waals surface area (Å²) in [5.74, 6) is 0.659. The molecule has 18 heavy (non-hydrogen) atoms. The SMILES string of the molecule is CCC(CC)(CC(C)C)Sc1ncccc1C#N. The summed E-state index contributed by atoms with van der Waals surface area (Å²) in [7, 11) is 0. The summed E-state index contributed by atoms with van der Waals surface area (Å²) in [6.45, 7) is 8.97. The van der Waals surface area contributed by atoms with E-state index in [4.69, 9.17) is 5.26 Å². The number of hydrogen-bond acceptors (Lipinski definition) is 3. The monoisotopic (exact) mass is 262 g/mol. The van der Waals surface area contributed by atoms with Crippen LogP contribution < -0.4 is 0 Å². The first-order valence-electron chi connectivity index (χ1n) is 6.61. The lowest BCUT2D eigenvalue weighted by Gasteiger charge is -2.32. The maximum absolute atomic E-state index is 9.14. The first-order chi connectivity index (χ1) is 8.56. The highest BCUT2D eigenvalue weighted by molar-refractivity contribution is 8.00. The molecule has 0 unspecified atom stereocenters. The van der Waals surface area contributed by atoms with Gasteiger partial charge in [-0.05, 0) is 37.3 Å². The Labute approximate surface area is 115 Å². The van der Waals surface area contributed by atoms with E-state index in [2.05, 4.69) is 38.7 Å². The van der Waals surface area contributed by atoms with Crippen molar-refractivity contribution in [2.75, 3.05) is 0 Å². The van der Waals surface area contributed by atoms with E-state index in [0.717, 1.165) is 24.3 Å². The predicted octanol–water partition coefficient (Wildman–Crippen LogP) is 4.65. The fourth-order valence-corrected chi connectivity index (χ4v) is 3.68. The van der Waals surface area contributed by atoms with Crippen molar-refractivity contribution in [3.63, 3.8) is 0 Å². The van der Waals surface area contributed by atoms with Gasteiger partial charge in [0.2, 0.25) is 0 Å². The van der Waals surface area contributed by atoms with Gasteiger partial charge in [0.05, 0.1) is 5.56 Å². The highest BCUT2D eigenvalue weighted by atomic mass is 32.2. The molecule has 98 valence electrons. The number of hydrogen-bond donors (Lipinski definition) is 0. The normalized spacial score (nSPS) is 11.6. The maximum Gasteiger partial charge on any atom is 0.114 e. The molecule has 0 saturated heterocycles. The van der Waals surface area contributed by atoms with Gasteiger partial charge in [-0.25, -0.2) is 4.98 Å². The quantitative estimate of drug-likeness (QED) is 0.700. The molecule has 0 saturated carbocycles. The van der Waals surface area contributed by atoms with E-state index in [1.165, 1.54) is 0 Å². The molecular weight excluding hydrogens is 240 g/mol. The molecule has 0 aliphatic rings. The maximum atomic E-state index is 9.14. The van der Waals surface area contributed by atoms with Gasteiger partial charge in [0.1, 0.15) is 11.1 Å². The minimum absolute atomic E-state index is 0.202. The van der Waals surface area contributed by atoms with Crippen molar-refractivity contribution in [3.05, 3.63) is 23.9 Å². The summed E-state index contributed by atoms with van der Waals surface area (Å²) in [6, 6.07) is 5.91. The van der Waals surface area contributed by atoms with Gasteiger partial charge >= 0.3 is 0 Å². The predicted molar refractivity (Wildman–Crippen MR) is 77.6 cm³/mol. The van der Waals surface area contributed by atoms with Gasteiger partial charge in [0, 0.05) is 10.9 Å². The van der Waals surface area contributed by atoms with Gasteiger partial charge in [0.15, 0.2) is 0 Å². The minimum atomic E-state index is 0.202. The average Bonchev–Trinajstić information content (AvgIpc) is 2.38. The van der Waals surface area contributed by atoms with Crippen LogP contribution in [0.5, 0.6) is 0 Å². The van der Waals surface area contributed by atoms with Crippen molar-refractivity contribution < 1.29 is 0 Å². The fraction of sp³-hybridized carbons (Fsp3) is 0.600. The highest BCUT2D eigenvalue weighted by Crippen LogP contribution is 2.43. The topological polar surface area (TPSA) is 36.7 Å². The van der Waals surface area contributed by atoms with Crippen LogP contribution in [0, 0.1) is 17.2 Å². The van der Waals surface area contributed by atoms with Gasteiger partial charge in [-0.3, -0.25) is 0 Å². The van der Waals surface area contributed by atoms with Crippen molar-refractivity contribution in [1.82, 2.24) is 4.98 Å². The number of pyridine rings is 1. The molecule has 3 heteroatoms. The second-order valence-electron chi connectivity index (χ2n) is 5.06. The van der Waals surface area contributed by atoms with E-state index in [-0.39, 0.29) is 4.75 Å². The Balaban J connectivity index is 3.00. The summed E-state index contributed by atoms with van der Waals surface area (Å²) < 4.78 is 0.202. The molecule has 1 aromatic rings. The molecule has 2 nitrogen and oxygen atoms in total. The van der Waals surface area contributed by atoms with Gasteiger partial charge < -0.3 is 0 Å². The second-order valence-corrected chi connectivity index (χ2v) is 6.51. The lowest BCUT2D eigenvalue weighted by atomic mass is 9.91. The van der Waals surface area contributed by atoms with E-state index < -0.39 is 0 Å². The Kier molecular flexibility index (Phi) is 5.68. The molecule has 1 aromatic heterocycles. The van der Waals surface area contributed by atoms with Crippen LogP contribution in [0.2, 0.25) is 0 Å². The Morgan fingerprint density at radius 2 is 2.06 bits per heavy atom. The molecule has 0 aliphatic heterocycles. The molecule has 0 fully saturated rings. The zero-order chi connectivity index (χ0) is 13.6. The van der Waals surface area contributed by atoms with Gasteiger partial charge in [-0.1, -0.05) is 39.5 Å². The number of aromatic nitrogens is 1. The molecule has 0 aliphatic carbocycles. The summed E-state index contributed by atoms with van der Waals surface area (Å²) in [6.07, 6.45) is 5.14. The van der Waals surface area contributed by atoms with Gasteiger partial charge in [-0.2, -0.15) is 5.26 Å². The van der Waals surface area contributed by atoms with Crippen molar-refractivity contribution in [1.29, 1.82) is 5.26 Å². The first-order valence-corrected chi connectivity index (χ1v) is 7.42. The second kappa shape index (κ2) is 6.80. The highest BCUT2D eigenvalue weighted by Gasteiger charge is 2.29. The van der Waals surface area contributed by atoms with Crippen LogP contribution >= 0.6 is 11.8 Å². The molecule has 0 amide bonds. The van der Waals surface area contributed by atoms with Crippen LogP contribution in [-0.2, 0) is 0 Å². The standard InChI is InChI=1S/C15H22N2S/c1-5-15(6-2,10-12(3)4)18-14-13(11-16)8-7-9-17-14/h7-9,12H,5-6,10H2,1-4H3.